The van der Waals surface area contributed by atoms with Crippen LogP contribution in [0.1, 0.15) is 19.8 Å². The largest absolute Gasteiger partial charge is 0.494 e. The van der Waals surface area contributed by atoms with Crippen molar-refractivity contribution in [3.05, 3.63) is 54.9 Å². The van der Waals surface area contributed by atoms with E-state index in [2.05, 4.69) is 15.3 Å². The number of piperidine rings is 1. The zero-order valence-corrected chi connectivity index (χ0v) is 17.4. The van der Waals surface area contributed by atoms with Crippen molar-refractivity contribution < 1.29 is 17.9 Å². The molecule has 1 saturated heterocycles. The molecule has 1 aliphatic rings. The molecule has 4 rings (SSSR count). The summed E-state index contributed by atoms with van der Waals surface area (Å²) in [5, 5.41) is 12.3. The van der Waals surface area contributed by atoms with Gasteiger partial charge in [-0.25, -0.2) is 13.1 Å². The van der Waals surface area contributed by atoms with Gasteiger partial charge >= 0.3 is 0 Å². The molecule has 0 N–H and O–H groups in total. The Bertz CT molecular complexity index is 1050. The van der Waals surface area contributed by atoms with E-state index < -0.39 is 10.0 Å². The summed E-state index contributed by atoms with van der Waals surface area (Å²) in [7, 11) is -3.54. The summed E-state index contributed by atoms with van der Waals surface area (Å²) in [6.45, 7) is 3.20. The van der Waals surface area contributed by atoms with Gasteiger partial charge in [0, 0.05) is 31.5 Å². The minimum absolute atomic E-state index is 0.110. The van der Waals surface area contributed by atoms with Gasteiger partial charge in [-0.3, -0.25) is 0 Å². The van der Waals surface area contributed by atoms with Crippen LogP contribution < -0.4 is 9.47 Å². The van der Waals surface area contributed by atoms with E-state index in [0.717, 1.165) is 0 Å². The van der Waals surface area contributed by atoms with Crippen molar-refractivity contribution in [3.8, 4) is 17.4 Å². The molecule has 0 atom stereocenters. The molecule has 0 aliphatic carbocycles. The molecular formula is C20H23N5O4S. The van der Waals surface area contributed by atoms with Gasteiger partial charge in [0.2, 0.25) is 15.9 Å². The van der Waals surface area contributed by atoms with E-state index in [1.54, 1.807) is 59.5 Å². The topological polar surface area (TPSA) is 99.4 Å². The molecule has 0 spiro atoms. The van der Waals surface area contributed by atoms with Crippen molar-refractivity contribution in [1.82, 2.24) is 24.3 Å². The summed E-state index contributed by atoms with van der Waals surface area (Å²) < 4.78 is 40.2. The highest BCUT2D eigenvalue weighted by molar-refractivity contribution is 7.89. The van der Waals surface area contributed by atoms with Gasteiger partial charge in [-0.2, -0.15) is 9.40 Å². The van der Waals surface area contributed by atoms with Crippen LogP contribution in [0.15, 0.2) is 59.8 Å². The van der Waals surface area contributed by atoms with E-state index in [-0.39, 0.29) is 11.0 Å². The fourth-order valence-corrected chi connectivity index (χ4v) is 4.76. The molecule has 0 unspecified atom stereocenters. The molecule has 10 heteroatoms. The standard InChI is InChI=1S/C20H23N5O4S/c1-2-28-16-4-6-18(7-5-16)30(26,27)24-14-10-17(11-15-24)29-20-9-8-19(22-23-20)25-13-3-12-21-25/h3-9,12-13,17H,2,10-11,14-15H2,1H3. The number of hydrogen-bond acceptors (Lipinski definition) is 7. The third-order valence-corrected chi connectivity index (χ3v) is 6.74. The first-order valence-corrected chi connectivity index (χ1v) is 11.2. The van der Waals surface area contributed by atoms with Gasteiger partial charge in [0.25, 0.3) is 0 Å². The summed E-state index contributed by atoms with van der Waals surface area (Å²) in [5.41, 5.74) is 0. The lowest BCUT2D eigenvalue weighted by molar-refractivity contribution is 0.128. The smallest absolute Gasteiger partial charge is 0.243 e. The second kappa shape index (κ2) is 8.80. The number of sulfonamides is 1. The normalized spacial score (nSPS) is 15.8. The molecule has 0 radical (unpaired) electrons. The van der Waals surface area contributed by atoms with E-state index in [1.165, 1.54) is 4.31 Å². The summed E-state index contributed by atoms with van der Waals surface area (Å²) in [6, 6.07) is 11.9. The summed E-state index contributed by atoms with van der Waals surface area (Å²) in [5.74, 6) is 1.67. The molecule has 1 fully saturated rings. The molecular weight excluding hydrogens is 406 g/mol. The predicted octanol–water partition coefficient (Wildman–Crippen LogP) is 2.29. The SMILES string of the molecule is CCOc1ccc(S(=O)(=O)N2CCC(Oc3ccc(-n4cccn4)nn3)CC2)cc1. The number of hydrogen-bond donors (Lipinski definition) is 0. The van der Waals surface area contributed by atoms with Crippen LogP contribution in [0.25, 0.3) is 5.82 Å². The first kappa shape index (κ1) is 20.3. The maximum absolute atomic E-state index is 12.9. The monoisotopic (exact) mass is 429 g/mol. The first-order chi connectivity index (χ1) is 14.6. The van der Waals surface area contributed by atoms with Crippen molar-refractivity contribution in [2.24, 2.45) is 0 Å². The molecule has 1 aliphatic heterocycles. The summed E-state index contributed by atoms with van der Waals surface area (Å²) >= 11 is 0. The van der Waals surface area contributed by atoms with Crippen molar-refractivity contribution in [2.45, 2.75) is 30.8 Å². The Balaban J connectivity index is 1.34. The van der Waals surface area contributed by atoms with Crippen LogP contribution in [0.4, 0.5) is 0 Å². The maximum atomic E-state index is 12.9. The van der Waals surface area contributed by atoms with Gasteiger partial charge in [-0.15, -0.1) is 10.2 Å². The number of rotatable bonds is 7. The van der Waals surface area contributed by atoms with Gasteiger partial charge in [0.15, 0.2) is 5.82 Å². The lowest BCUT2D eigenvalue weighted by Gasteiger charge is -2.31. The second-order valence-corrected chi connectivity index (χ2v) is 8.74. The van der Waals surface area contributed by atoms with Gasteiger partial charge in [-0.05, 0) is 56.2 Å². The number of nitrogens with zero attached hydrogens (tertiary/aromatic N) is 5. The summed E-state index contributed by atoms with van der Waals surface area (Å²) in [6.07, 6.45) is 4.51. The molecule has 158 valence electrons. The highest BCUT2D eigenvalue weighted by Gasteiger charge is 2.30. The second-order valence-electron chi connectivity index (χ2n) is 6.81. The molecule has 0 saturated carbocycles. The van der Waals surface area contributed by atoms with Crippen LogP contribution in [-0.4, -0.2) is 58.5 Å². The number of ether oxygens (including phenoxy) is 2. The zero-order valence-electron chi connectivity index (χ0n) is 16.6. The maximum Gasteiger partial charge on any atom is 0.243 e. The van der Waals surface area contributed by atoms with E-state index in [4.69, 9.17) is 9.47 Å². The fraction of sp³-hybridized carbons (Fsp3) is 0.350. The fourth-order valence-electron chi connectivity index (χ4n) is 3.29. The number of aromatic nitrogens is 4. The highest BCUT2D eigenvalue weighted by Crippen LogP contribution is 2.24. The van der Waals surface area contributed by atoms with Crippen LogP contribution in [0, 0.1) is 0 Å². The minimum atomic E-state index is -3.54. The molecule has 1 aromatic carbocycles. The van der Waals surface area contributed by atoms with Gasteiger partial charge in [-0.1, -0.05) is 0 Å². The van der Waals surface area contributed by atoms with Gasteiger partial charge in [0.05, 0.1) is 11.5 Å². The van der Waals surface area contributed by atoms with Crippen molar-refractivity contribution in [1.29, 1.82) is 0 Å². The Morgan fingerprint density at radius 1 is 1.07 bits per heavy atom. The average Bonchev–Trinajstić information content (AvgIpc) is 3.30. The van der Waals surface area contributed by atoms with Crippen molar-refractivity contribution >= 4 is 10.0 Å². The molecule has 0 amide bonds. The third kappa shape index (κ3) is 4.44. The average molecular weight is 430 g/mol. The Morgan fingerprint density at radius 2 is 1.83 bits per heavy atom. The van der Waals surface area contributed by atoms with E-state index in [9.17, 15) is 8.42 Å². The van der Waals surface area contributed by atoms with Crippen LogP contribution in [0.2, 0.25) is 0 Å². The molecule has 9 nitrogen and oxygen atoms in total. The molecule has 3 heterocycles. The predicted molar refractivity (Wildman–Crippen MR) is 109 cm³/mol. The molecule has 3 aromatic rings. The quantitative estimate of drug-likeness (QED) is 0.568. The van der Waals surface area contributed by atoms with E-state index >= 15 is 0 Å². The van der Waals surface area contributed by atoms with Gasteiger partial charge in [0.1, 0.15) is 11.9 Å². The minimum Gasteiger partial charge on any atom is -0.494 e. The Kier molecular flexibility index (Phi) is 5.96. The Morgan fingerprint density at radius 3 is 2.43 bits per heavy atom. The zero-order chi connectivity index (χ0) is 21.0. The molecule has 0 bridgehead atoms. The van der Waals surface area contributed by atoms with Crippen molar-refractivity contribution in [3.63, 3.8) is 0 Å². The third-order valence-electron chi connectivity index (χ3n) is 4.83. The first-order valence-electron chi connectivity index (χ1n) is 9.79. The van der Waals surface area contributed by atoms with E-state index in [1.807, 2.05) is 6.92 Å². The van der Waals surface area contributed by atoms with E-state index in [0.29, 0.717) is 50.0 Å². The van der Waals surface area contributed by atoms with Gasteiger partial charge < -0.3 is 9.47 Å². The van der Waals surface area contributed by atoms with Crippen LogP contribution in [-0.2, 0) is 10.0 Å². The highest BCUT2D eigenvalue weighted by atomic mass is 32.2. The molecule has 30 heavy (non-hydrogen) atoms. The lowest BCUT2D eigenvalue weighted by Crippen LogP contribution is -2.41. The van der Waals surface area contributed by atoms with Crippen LogP contribution in [0.5, 0.6) is 11.6 Å². The number of benzene rings is 1. The molecule has 2 aromatic heterocycles. The van der Waals surface area contributed by atoms with Crippen molar-refractivity contribution in [2.75, 3.05) is 19.7 Å². The Labute approximate surface area is 175 Å². The van der Waals surface area contributed by atoms with Crippen LogP contribution in [0.3, 0.4) is 0 Å². The lowest BCUT2D eigenvalue weighted by atomic mass is 10.1. The Hall–Kier alpha value is -2.98. The summed E-state index contributed by atoms with van der Waals surface area (Å²) in [4.78, 5) is 0.269. The van der Waals surface area contributed by atoms with Crippen LogP contribution >= 0.6 is 0 Å².